The molecule has 2 aromatic carbocycles. The number of hydrogen-bond acceptors (Lipinski definition) is 3. The van der Waals surface area contributed by atoms with Crippen molar-refractivity contribution >= 4 is 5.78 Å². The molecule has 0 fully saturated rings. The molecule has 1 N–H and O–H groups in total. The quantitative estimate of drug-likeness (QED) is 0.659. The molecule has 2 rings (SSSR count). The van der Waals surface area contributed by atoms with Gasteiger partial charge in [-0.25, -0.2) is 0 Å². The van der Waals surface area contributed by atoms with Crippen molar-refractivity contribution in [2.75, 3.05) is 34.3 Å². The summed E-state index contributed by atoms with van der Waals surface area (Å²) in [6, 6.07) is 13.7. The third-order valence-electron chi connectivity index (χ3n) is 3.28. The van der Waals surface area contributed by atoms with Crippen molar-refractivity contribution in [3.05, 3.63) is 59.7 Å². The summed E-state index contributed by atoms with van der Waals surface area (Å²) in [6.07, 6.45) is 0. The molecule has 0 radical (unpaired) electrons. The largest absolute Gasteiger partial charge is 0.507 e. The Morgan fingerprint density at radius 3 is 2.36 bits per heavy atom. The van der Waals surface area contributed by atoms with Gasteiger partial charge in [-0.3, -0.25) is 4.79 Å². The molecule has 4 nitrogen and oxygen atoms in total. The lowest BCUT2D eigenvalue weighted by atomic mass is 10.0. The topological polar surface area (TPSA) is 46.5 Å². The molecule has 0 heterocycles. The van der Waals surface area contributed by atoms with Gasteiger partial charge in [0.25, 0.3) is 0 Å². The van der Waals surface area contributed by atoms with Crippen LogP contribution < -0.4 is 4.74 Å². The number of benzene rings is 2. The summed E-state index contributed by atoms with van der Waals surface area (Å²) in [5.41, 5.74) is 0.835. The third kappa shape index (κ3) is 4.33. The molecular formula is C18H22NO3+. The summed E-state index contributed by atoms with van der Waals surface area (Å²) in [5.74, 6) is 0.308. The predicted octanol–water partition coefficient (Wildman–Crippen LogP) is 2.71. The van der Waals surface area contributed by atoms with E-state index in [9.17, 15) is 9.90 Å². The van der Waals surface area contributed by atoms with E-state index in [2.05, 4.69) is 21.1 Å². The molecule has 0 bridgehead atoms. The first-order valence-corrected chi connectivity index (χ1v) is 7.23. The summed E-state index contributed by atoms with van der Waals surface area (Å²) < 4.78 is 6.42. The minimum atomic E-state index is -0.198. The van der Waals surface area contributed by atoms with Crippen LogP contribution in [0.4, 0.5) is 0 Å². The Bertz CT molecular complexity index is 645. The van der Waals surface area contributed by atoms with Crippen LogP contribution in [0.3, 0.4) is 0 Å². The molecule has 2 aromatic rings. The van der Waals surface area contributed by atoms with Crippen LogP contribution in [0.25, 0.3) is 0 Å². The van der Waals surface area contributed by atoms with Crippen molar-refractivity contribution in [3.63, 3.8) is 0 Å². The fraction of sp³-hybridized carbons (Fsp3) is 0.278. The van der Waals surface area contributed by atoms with Crippen LogP contribution in [-0.2, 0) is 0 Å². The van der Waals surface area contributed by atoms with Gasteiger partial charge in [0.1, 0.15) is 24.7 Å². The van der Waals surface area contributed by atoms with Gasteiger partial charge >= 0.3 is 0 Å². The second kappa shape index (κ2) is 6.62. The Hall–Kier alpha value is -2.33. The van der Waals surface area contributed by atoms with Crippen LogP contribution >= 0.6 is 0 Å². The van der Waals surface area contributed by atoms with Gasteiger partial charge in [0.05, 0.1) is 26.7 Å². The molecule has 116 valence electrons. The number of ether oxygens (including phenoxy) is 1. The Balaban J connectivity index is 2.08. The lowest BCUT2D eigenvalue weighted by molar-refractivity contribution is -0.870. The highest BCUT2D eigenvalue weighted by Gasteiger charge is 2.14. The molecule has 4 heteroatoms. The van der Waals surface area contributed by atoms with Crippen molar-refractivity contribution in [2.24, 2.45) is 0 Å². The summed E-state index contributed by atoms with van der Waals surface area (Å²) in [6.45, 7) is 1.40. The van der Waals surface area contributed by atoms with Gasteiger partial charge in [-0.15, -0.1) is 0 Å². The zero-order chi connectivity index (χ0) is 16.2. The normalized spacial score (nSPS) is 11.2. The number of phenolic OH excluding ortho intramolecular Hbond substituents is 1. The Kier molecular flexibility index (Phi) is 4.83. The molecule has 0 saturated heterocycles. The summed E-state index contributed by atoms with van der Waals surface area (Å²) in [5, 5.41) is 10.1. The van der Waals surface area contributed by atoms with E-state index in [0.717, 1.165) is 11.0 Å². The second-order valence-electron chi connectivity index (χ2n) is 6.24. The van der Waals surface area contributed by atoms with E-state index in [0.29, 0.717) is 17.9 Å². The number of carbonyl (C=O) groups excluding carboxylic acids is 1. The van der Waals surface area contributed by atoms with Gasteiger partial charge < -0.3 is 14.3 Å². The van der Waals surface area contributed by atoms with Gasteiger partial charge in [-0.05, 0) is 12.1 Å². The average Bonchev–Trinajstić information content (AvgIpc) is 2.46. The minimum Gasteiger partial charge on any atom is -0.507 e. The predicted molar refractivity (Wildman–Crippen MR) is 86.4 cm³/mol. The summed E-state index contributed by atoms with van der Waals surface area (Å²) >= 11 is 0. The highest BCUT2D eigenvalue weighted by Crippen LogP contribution is 2.25. The maximum atomic E-state index is 12.3. The zero-order valence-corrected chi connectivity index (χ0v) is 13.2. The maximum Gasteiger partial charge on any atom is 0.196 e. The standard InChI is InChI=1S/C18H21NO3/c1-19(2,3)11-12-22-15-9-10-16(17(20)13-15)18(21)14-7-5-4-6-8-14/h4-10,13H,11-12H2,1-3H3/p+1. The van der Waals surface area contributed by atoms with Crippen LogP contribution in [0.5, 0.6) is 11.5 Å². The number of rotatable bonds is 6. The Labute approximate surface area is 131 Å². The Morgan fingerprint density at radius 1 is 1.09 bits per heavy atom. The molecule has 0 amide bonds. The van der Waals surface area contributed by atoms with E-state index in [-0.39, 0.29) is 17.1 Å². The molecule has 0 aliphatic rings. The smallest absolute Gasteiger partial charge is 0.196 e. The highest BCUT2D eigenvalue weighted by molar-refractivity contribution is 6.10. The van der Waals surface area contributed by atoms with Gasteiger partial charge in [0.15, 0.2) is 5.78 Å². The lowest BCUT2D eigenvalue weighted by Gasteiger charge is -2.23. The van der Waals surface area contributed by atoms with E-state index in [1.807, 2.05) is 6.07 Å². The number of nitrogens with zero attached hydrogens (tertiary/aromatic N) is 1. The number of phenols is 1. The molecule has 0 atom stereocenters. The Morgan fingerprint density at radius 2 is 1.77 bits per heavy atom. The zero-order valence-electron chi connectivity index (χ0n) is 13.2. The molecule has 0 unspecified atom stereocenters. The number of aromatic hydroxyl groups is 1. The van der Waals surface area contributed by atoms with Crippen LogP contribution in [0.15, 0.2) is 48.5 Å². The second-order valence-corrected chi connectivity index (χ2v) is 6.24. The van der Waals surface area contributed by atoms with Gasteiger partial charge in [0.2, 0.25) is 0 Å². The number of ketones is 1. The summed E-state index contributed by atoms with van der Waals surface area (Å²) in [7, 11) is 6.26. The SMILES string of the molecule is C[N+](C)(C)CCOc1ccc(C(=O)c2ccccc2)c(O)c1. The number of quaternary nitrogens is 1. The molecule has 0 spiro atoms. The van der Waals surface area contributed by atoms with Crippen LogP contribution in [0.1, 0.15) is 15.9 Å². The number of likely N-dealkylation sites (N-methyl/N-ethyl adjacent to an activating group) is 1. The van der Waals surface area contributed by atoms with Gasteiger partial charge in [0, 0.05) is 11.6 Å². The third-order valence-corrected chi connectivity index (χ3v) is 3.28. The first-order valence-electron chi connectivity index (χ1n) is 7.23. The van der Waals surface area contributed by atoms with Crippen molar-refractivity contribution in [1.82, 2.24) is 0 Å². The monoisotopic (exact) mass is 300 g/mol. The van der Waals surface area contributed by atoms with Crippen LogP contribution in [-0.4, -0.2) is 49.7 Å². The van der Waals surface area contributed by atoms with E-state index in [1.54, 1.807) is 36.4 Å². The molecule has 0 aliphatic carbocycles. The molecule has 0 aliphatic heterocycles. The fourth-order valence-electron chi connectivity index (χ4n) is 1.98. The van der Waals surface area contributed by atoms with E-state index in [4.69, 9.17) is 4.74 Å². The fourth-order valence-corrected chi connectivity index (χ4v) is 1.98. The minimum absolute atomic E-state index is 0.0587. The van der Waals surface area contributed by atoms with Crippen LogP contribution in [0.2, 0.25) is 0 Å². The highest BCUT2D eigenvalue weighted by atomic mass is 16.5. The average molecular weight is 300 g/mol. The maximum absolute atomic E-state index is 12.3. The van der Waals surface area contributed by atoms with Crippen LogP contribution in [0, 0.1) is 0 Å². The molecular weight excluding hydrogens is 278 g/mol. The molecule has 0 saturated carbocycles. The first-order chi connectivity index (χ1) is 10.4. The van der Waals surface area contributed by atoms with Crippen molar-refractivity contribution < 1.29 is 19.1 Å². The molecule has 22 heavy (non-hydrogen) atoms. The number of carbonyl (C=O) groups is 1. The summed E-state index contributed by atoms with van der Waals surface area (Å²) in [4.78, 5) is 12.3. The van der Waals surface area contributed by atoms with E-state index in [1.165, 1.54) is 6.07 Å². The lowest BCUT2D eigenvalue weighted by Crippen LogP contribution is -2.38. The van der Waals surface area contributed by atoms with Gasteiger partial charge in [-0.2, -0.15) is 0 Å². The van der Waals surface area contributed by atoms with E-state index < -0.39 is 0 Å². The molecule has 0 aromatic heterocycles. The first kappa shape index (κ1) is 16.0. The van der Waals surface area contributed by atoms with Gasteiger partial charge in [-0.1, -0.05) is 30.3 Å². The van der Waals surface area contributed by atoms with Crippen molar-refractivity contribution in [2.45, 2.75) is 0 Å². The number of hydrogen-bond donors (Lipinski definition) is 1. The van der Waals surface area contributed by atoms with E-state index >= 15 is 0 Å². The van der Waals surface area contributed by atoms with Crippen molar-refractivity contribution in [1.29, 1.82) is 0 Å². The van der Waals surface area contributed by atoms with Crippen molar-refractivity contribution in [3.8, 4) is 11.5 Å².